The number of terminal acetylenes is 1. The maximum Gasteiger partial charge on any atom is 0.270 e. The lowest BCUT2D eigenvalue weighted by atomic mass is 10.3. The summed E-state index contributed by atoms with van der Waals surface area (Å²) in [4.78, 5) is 0. The van der Waals surface area contributed by atoms with Crippen molar-refractivity contribution >= 4 is 7.52 Å². The second-order valence-electron chi connectivity index (χ2n) is 2.35. The summed E-state index contributed by atoms with van der Waals surface area (Å²) in [6, 6.07) is -0.115. The van der Waals surface area contributed by atoms with Crippen LogP contribution in [0.2, 0.25) is 0 Å². The fraction of sp³-hybridized carbons (Fsp3) is 0.667. The van der Waals surface area contributed by atoms with E-state index in [-0.39, 0.29) is 6.04 Å². The number of likely N-dealkylation sites (N-methyl/N-ethyl adjacent to an activating group) is 1. The predicted octanol–water partition coefficient (Wildman–Crippen LogP) is 0.773. The van der Waals surface area contributed by atoms with Gasteiger partial charge in [-0.05, 0) is 7.05 Å². The molecular weight excluding hydrogens is 149 g/mol. The van der Waals surface area contributed by atoms with Gasteiger partial charge in [-0.3, -0.25) is 4.57 Å². The highest BCUT2D eigenvalue weighted by molar-refractivity contribution is 7.55. The first-order valence-corrected chi connectivity index (χ1v) is 5.02. The Hall–Kier alpha value is -0.290. The van der Waals surface area contributed by atoms with E-state index >= 15 is 0 Å². The van der Waals surface area contributed by atoms with Gasteiger partial charge < -0.3 is 4.52 Å². The van der Waals surface area contributed by atoms with Gasteiger partial charge in [0.1, 0.15) is 6.04 Å². The minimum Gasteiger partial charge on any atom is -0.315 e. The Morgan fingerprint density at radius 1 is 1.90 bits per heavy atom. The molecule has 4 heteroatoms. The van der Waals surface area contributed by atoms with E-state index in [1.54, 1.807) is 18.4 Å². The fourth-order valence-corrected chi connectivity index (χ4v) is 2.06. The third kappa shape index (κ3) is 1.11. The summed E-state index contributed by atoms with van der Waals surface area (Å²) >= 11 is 0. The Morgan fingerprint density at radius 3 is 2.70 bits per heavy atom. The van der Waals surface area contributed by atoms with Gasteiger partial charge in [0.15, 0.2) is 0 Å². The number of hydrogen-bond donors (Lipinski definition) is 0. The first-order chi connectivity index (χ1) is 4.58. The molecule has 3 nitrogen and oxygen atoms in total. The highest BCUT2D eigenvalue weighted by atomic mass is 31.2. The van der Waals surface area contributed by atoms with Crippen LogP contribution >= 0.6 is 7.52 Å². The standard InChI is InChI=1S/C6H10NO2P/c1-4-6-5-9-10(3,8)7(6)2/h1,6H,5H2,2-3H3. The van der Waals surface area contributed by atoms with Gasteiger partial charge in [-0.15, -0.1) is 6.42 Å². The maximum absolute atomic E-state index is 11.3. The SMILES string of the molecule is C#CC1COP(C)(=O)N1C. The van der Waals surface area contributed by atoms with E-state index in [9.17, 15) is 4.57 Å². The van der Waals surface area contributed by atoms with Crippen molar-refractivity contribution in [1.29, 1.82) is 0 Å². The first kappa shape index (κ1) is 7.81. The number of rotatable bonds is 0. The van der Waals surface area contributed by atoms with Crippen LogP contribution in [0.3, 0.4) is 0 Å². The van der Waals surface area contributed by atoms with E-state index in [1.165, 1.54) is 0 Å². The van der Waals surface area contributed by atoms with Crippen molar-refractivity contribution < 1.29 is 9.09 Å². The van der Waals surface area contributed by atoms with E-state index in [0.29, 0.717) is 6.61 Å². The summed E-state index contributed by atoms with van der Waals surface area (Å²) in [5.41, 5.74) is 0. The Kier molecular flexibility index (Phi) is 1.87. The lowest BCUT2D eigenvalue weighted by Crippen LogP contribution is -2.21. The molecule has 0 spiro atoms. The predicted molar refractivity (Wildman–Crippen MR) is 39.9 cm³/mol. The van der Waals surface area contributed by atoms with Gasteiger partial charge in [0.05, 0.1) is 6.61 Å². The van der Waals surface area contributed by atoms with Crippen LogP contribution in [0.1, 0.15) is 0 Å². The van der Waals surface area contributed by atoms with Crippen molar-refractivity contribution in [3.63, 3.8) is 0 Å². The third-order valence-electron chi connectivity index (χ3n) is 1.69. The molecule has 0 radical (unpaired) electrons. The van der Waals surface area contributed by atoms with Gasteiger partial charge >= 0.3 is 0 Å². The molecule has 1 saturated heterocycles. The normalized spacial score (nSPS) is 41.5. The van der Waals surface area contributed by atoms with Crippen LogP contribution in [0, 0.1) is 12.3 Å². The Balaban J connectivity index is 2.79. The second-order valence-corrected chi connectivity index (χ2v) is 4.85. The summed E-state index contributed by atoms with van der Waals surface area (Å²) in [7, 11) is -0.796. The van der Waals surface area contributed by atoms with E-state index in [4.69, 9.17) is 10.9 Å². The molecule has 1 fully saturated rings. The molecule has 0 N–H and O–H groups in total. The van der Waals surface area contributed by atoms with E-state index in [1.807, 2.05) is 0 Å². The molecule has 0 aliphatic carbocycles. The van der Waals surface area contributed by atoms with Crippen LogP contribution in [-0.2, 0) is 9.09 Å². The molecule has 1 aliphatic rings. The van der Waals surface area contributed by atoms with Crippen LogP contribution in [0.15, 0.2) is 0 Å². The van der Waals surface area contributed by atoms with Gasteiger partial charge in [0.2, 0.25) is 0 Å². The van der Waals surface area contributed by atoms with Crippen LogP contribution in [-0.4, -0.2) is 31.0 Å². The third-order valence-corrected chi connectivity index (χ3v) is 3.74. The molecule has 0 amide bonds. The van der Waals surface area contributed by atoms with Gasteiger partial charge in [0.25, 0.3) is 7.52 Å². The molecule has 0 bridgehead atoms. The molecule has 1 rings (SSSR count). The second kappa shape index (κ2) is 2.39. The molecule has 2 atom stereocenters. The molecule has 10 heavy (non-hydrogen) atoms. The molecule has 0 aromatic heterocycles. The summed E-state index contributed by atoms with van der Waals surface area (Å²) < 4.78 is 17.9. The molecule has 1 aliphatic heterocycles. The van der Waals surface area contributed by atoms with Crippen molar-refractivity contribution in [1.82, 2.24) is 4.67 Å². The van der Waals surface area contributed by atoms with Crippen LogP contribution in [0.4, 0.5) is 0 Å². The van der Waals surface area contributed by atoms with Crippen molar-refractivity contribution in [2.24, 2.45) is 0 Å². The van der Waals surface area contributed by atoms with Crippen molar-refractivity contribution in [3.05, 3.63) is 0 Å². The lowest BCUT2D eigenvalue weighted by molar-refractivity contribution is 0.349. The highest BCUT2D eigenvalue weighted by Gasteiger charge is 2.35. The minimum atomic E-state index is -2.52. The maximum atomic E-state index is 11.3. The van der Waals surface area contributed by atoms with E-state index in [2.05, 4.69) is 5.92 Å². The van der Waals surface area contributed by atoms with E-state index in [0.717, 1.165) is 0 Å². The molecule has 1 heterocycles. The summed E-state index contributed by atoms with van der Waals surface area (Å²) in [6.07, 6.45) is 5.15. The Labute approximate surface area is 60.9 Å². The molecule has 0 aromatic carbocycles. The van der Waals surface area contributed by atoms with Crippen molar-refractivity contribution in [2.75, 3.05) is 20.3 Å². The largest absolute Gasteiger partial charge is 0.315 e. The van der Waals surface area contributed by atoms with Gasteiger partial charge in [-0.2, -0.15) is 0 Å². The lowest BCUT2D eigenvalue weighted by Gasteiger charge is -2.15. The monoisotopic (exact) mass is 159 g/mol. The Bertz CT molecular complexity index is 220. The molecule has 0 aromatic rings. The topological polar surface area (TPSA) is 29.5 Å². The minimum absolute atomic E-state index is 0.115. The van der Waals surface area contributed by atoms with Crippen LogP contribution < -0.4 is 0 Å². The number of nitrogens with zero attached hydrogens (tertiary/aromatic N) is 1. The zero-order valence-electron chi connectivity index (χ0n) is 6.07. The molecule has 2 unspecified atom stereocenters. The van der Waals surface area contributed by atoms with Gasteiger partial charge in [-0.1, -0.05) is 5.92 Å². The van der Waals surface area contributed by atoms with Crippen molar-refractivity contribution in [3.8, 4) is 12.3 Å². The van der Waals surface area contributed by atoms with E-state index < -0.39 is 7.52 Å². The Morgan fingerprint density at radius 2 is 2.50 bits per heavy atom. The van der Waals surface area contributed by atoms with Crippen LogP contribution in [0.25, 0.3) is 0 Å². The zero-order chi connectivity index (χ0) is 7.78. The first-order valence-electron chi connectivity index (χ1n) is 2.99. The average Bonchev–Trinajstić information content (AvgIpc) is 2.10. The quantitative estimate of drug-likeness (QED) is 0.386. The summed E-state index contributed by atoms with van der Waals surface area (Å²) in [5, 5.41) is 0. The molecular formula is C6H10NO2P. The molecule has 56 valence electrons. The van der Waals surface area contributed by atoms with Gasteiger partial charge in [-0.25, -0.2) is 4.67 Å². The number of hydrogen-bond acceptors (Lipinski definition) is 2. The fourth-order valence-electron chi connectivity index (χ4n) is 0.817. The zero-order valence-corrected chi connectivity index (χ0v) is 6.97. The summed E-state index contributed by atoms with van der Waals surface area (Å²) in [6.45, 7) is 1.96. The smallest absolute Gasteiger partial charge is 0.270 e. The van der Waals surface area contributed by atoms with Crippen LogP contribution in [0.5, 0.6) is 0 Å². The van der Waals surface area contributed by atoms with Crippen molar-refractivity contribution in [2.45, 2.75) is 6.04 Å². The highest BCUT2D eigenvalue weighted by Crippen LogP contribution is 2.51. The van der Waals surface area contributed by atoms with Gasteiger partial charge in [0, 0.05) is 6.66 Å². The summed E-state index contributed by atoms with van der Waals surface area (Å²) in [5.74, 6) is 2.50. The molecule has 0 saturated carbocycles. The average molecular weight is 159 g/mol.